The van der Waals surface area contributed by atoms with Crippen LogP contribution in [0.15, 0.2) is 42.7 Å². The summed E-state index contributed by atoms with van der Waals surface area (Å²) in [5.41, 5.74) is 1.09. The van der Waals surface area contributed by atoms with E-state index in [4.69, 9.17) is 4.74 Å². The number of nitro benzene ring substituents is 1. The molecule has 1 heterocycles. The number of amides is 2. The smallest absolute Gasteiger partial charge is 0.319 e. The number of non-ortho nitro benzene ring substituents is 1. The van der Waals surface area contributed by atoms with Gasteiger partial charge in [0.15, 0.2) is 0 Å². The molecule has 0 spiro atoms. The molecule has 0 unspecified atom stereocenters. The van der Waals surface area contributed by atoms with E-state index in [1.54, 1.807) is 18.5 Å². The van der Waals surface area contributed by atoms with E-state index in [9.17, 15) is 14.9 Å². The molecule has 0 fully saturated rings. The van der Waals surface area contributed by atoms with Crippen molar-refractivity contribution >= 4 is 17.4 Å². The lowest BCUT2D eigenvalue weighted by Gasteiger charge is -2.15. The van der Waals surface area contributed by atoms with E-state index < -0.39 is 11.0 Å². The average molecular weight is 316 g/mol. The number of pyridine rings is 1. The third-order valence-electron chi connectivity index (χ3n) is 3.18. The zero-order chi connectivity index (χ0) is 16.8. The number of rotatable bonds is 5. The molecule has 0 saturated heterocycles. The van der Waals surface area contributed by atoms with Gasteiger partial charge in [-0.3, -0.25) is 15.1 Å². The van der Waals surface area contributed by atoms with Gasteiger partial charge in [-0.15, -0.1) is 0 Å². The number of benzene rings is 1. The number of aromatic nitrogens is 1. The quantitative estimate of drug-likeness (QED) is 0.651. The van der Waals surface area contributed by atoms with Crippen LogP contribution in [0.2, 0.25) is 0 Å². The minimum atomic E-state index is -0.531. The minimum Gasteiger partial charge on any atom is -0.494 e. The lowest BCUT2D eigenvalue weighted by atomic mass is 10.1. The van der Waals surface area contributed by atoms with Gasteiger partial charge >= 0.3 is 6.03 Å². The number of carbonyl (C=O) groups is 1. The van der Waals surface area contributed by atoms with Crippen molar-refractivity contribution in [3.05, 3.63) is 58.4 Å². The molecule has 0 aliphatic carbocycles. The first-order chi connectivity index (χ1) is 11.0. The van der Waals surface area contributed by atoms with E-state index in [2.05, 4.69) is 15.6 Å². The molecule has 2 N–H and O–H groups in total. The van der Waals surface area contributed by atoms with Crippen molar-refractivity contribution in [2.24, 2.45) is 0 Å². The van der Waals surface area contributed by atoms with Gasteiger partial charge in [-0.25, -0.2) is 4.79 Å². The zero-order valence-electron chi connectivity index (χ0n) is 12.6. The largest absolute Gasteiger partial charge is 0.494 e. The van der Waals surface area contributed by atoms with Crippen molar-refractivity contribution < 1.29 is 14.5 Å². The highest BCUT2D eigenvalue weighted by molar-refractivity contribution is 5.91. The van der Waals surface area contributed by atoms with Crippen molar-refractivity contribution in [1.82, 2.24) is 10.3 Å². The minimum absolute atomic E-state index is 0.114. The normalized spacial score (nSPS) is 11.4. The van der Waals surface area contributed by atoms with Gasteiger partial charge in [-0.1, -0.05) is 6.07 Å². The van der Waals surface area contributed by atoms with Crippen LogP contribution in [0.3, 0.4) is 0 Å². The number of urea groups is 1. The monoisotopic (exact) mass is 316 g/mol. The summed E-state index contributed by atoms with van der Waals surface area (Å²) in [7, 11) is 1.38. The van der Waals surface area contributed by atoms with E-state index in [1.165, 1.54) is 25.3 Å². The molecule has 1 atom stereocenters. The third-order valence-corrected chi connectivity index (χ3v) is 3.18. The van der Waals surface area contributed by atoms with Gasteiger partial charge in [-0.05, 0) is 24.6 Å². The molecule has 0 aliphatic rings. The van der Waals surface area contributed by atoms with Crippen molar-refractivity contribution in [3.8, 4) is 5.75 Å². The summed E-state index contributed by atoms with van der Waals surface area (Å²) < 4.78 is 5.07. The predicted octanol–water partition coefficient (Wildman–Crippen LogP) is 2.88. The van der Waals surface area contributed by atoms with E-state index in [0.29, 0.717) is 5.69 Å². The molecule has 1 aromatic heterocycles. The summed E-state index contributed by atoms with van der Waals surface area (Å²) in [5.74, 6) is 0.211. The molecule has 2 amide bonds. The molecule has 0 bridgehead atoms. The number of methoxy groups -OCH3 is 1. The number of nitrogens with zero attached hydrogens (tertiary/aromatic N) is 2. The number of nitrogens with one attached hydrogen (secondary N) is 2. The molecule has 120 valence electrons. The first-order valence-corrected chi connectivity index (χ1v) is 6.81. The SMILES string of the molecule is COc1cc([N+](=O)[O-])ccc1NC(=O)N[C@@H](C)c1cccnc1. The van der Waals surface area contributed by atoms with Crippen LogP contribution in [0, 0.1) is 10.1 Å². The van der Waals surface area contributed by atoms with E-state index in [1.807, 2.05) is 13.0 Å². The zero-order valence-corrected chi connectivity index (χ0v) is 12.6. The van der Waals surface area contributed by atoms with Gasteiger partial charge in [0.05, 0.1) is 29.8 Å². The van der Waals surface area contributed by atoms with Gasteiger partial charge in [0.1, 0.15) is 5.75 Å². The van der Waals surface area contributed by atoms with E-state index in [0.717, 1.165) is 5.56 Å². The average Bonchev–Trinajstić information content (AvgIpc) is 2.55. The van der Waals surface area contributed by atoms with Gasteiger partial charge in [-0.2, -0.15) is 0 Å². The summed E-state index contributed by atoms with van der Waals surface area (Å²) >= 11 is 0. The van der Waals surface area contributed by atoms with Crippen LogP contribution in [0.25, 0.3) is 0 Å². The molecular formula is C15H16N4O4. The van der Waals surface area contributed by atoms with Crippen molar-refractivity contribution in [1.29, 1.82) is 0 Å². The molecule has 23 heavy (non-hydrogen) atoms. The summed E-state index contributed by atoms with van der Waals surface area (Å²) in [4.78, 5) is 26.3. The topological polar surface area (TPSA) is 106 Å². The van der Waals surface area contributed by atoms with Crippen LogP contribution in [-0.4, -0.2) is 23.0 Å². The Hall–Kier alpha value is -3.16. The summed E-state index contributed by atoms with van der Waals surface area (Å²) in [5, 5.41) is 16.1. The predicted molar refractivity (Wildman–Crippen MR) is 84.5 cm³/mol. The Kier molecular flexibility index (Phi) is 5.08. The van der Waals surface area contributed by atoms with Crippen LogP contribution in [0.1, 0.15) is 18.5 Å². The van der Waals surface area contributed by atoms with Crippen LogP contribution < -0.4 is 15.4 Å². The molecule has 0 aliphatic heterocycles. The fourth-order valence-electron chi connectivity index (χ4n) is 1.97. The number of hydrogen-bond donors (Lipinski definition) is 2. The molecule has 8 heteroatoms. The molecule has 2 rings (SSSR count). The van der Waals surface area contributed by atoms with E-state index >= 15 is 0 Å². The molecule has 0 saturated carbocycles. The number of anilines is 1. The Morgan fingerprint density at radius 2 is 2.17 bits per heavy atom. The molecule has 0 radical (unpaired) electrons. The van der Waals surface area contributed by atoms with Crippen molar-refractivity contribution in [3.63, 3.8) is 0 Å². The number of ether oxygens (including phenoxy) is 1. The van der Waals surface area contributed by atoms with Gasteiger partial charge < -0.3 is 15.4 Å². The maximum absolute atomic E-state index is 12.1. The maximum atomic E-state index is 12.1. The van der Waals surface area contributed by atoms with Gasteiger partial charge in [0.25, 0.3) is 5.69 Å². The fraction of sp³-hybridized carbons (Fsp3) is 0.200. The Morgan fingerprint density at radius 3 is 2.78 bits per heavy atom. The van der Waals surface area contributed by atoms with Crippen LogP contribution in [0.5, 0.6) is 5.75 Å². The Balaban J connectivity index is 2.07. The Morgan fingerprint density at radius 1 is 1.39 bits per heavy atom. The van der Waals surface area contributed by atoms with Crippen LogP contribution in [-0.2, 0) is 0 Å². The molecular weight excluding hydrogens is 300 g/mol. The Labute approximate surface area is 132 Å². The highest BCUT2D eigenvalue weighted by atomic mass is 16.6. The van der Waals surface area contributed by atoms with Crippen LogP contribution >= 0.6 is 0 Å². The fourth-order valence-corrected chi connectivity index (χ4v) is 1.97. The summed E-state index contributed by atoms with van der Waals surface area (Å²) in [6.07, 6.45) is 3.31. The lowest BCUT2D eigenvalue weighted by molar-refractivity contribution is -0.384. The second kappa shape index (κ2) is 7.21. The van der Waals surface area contributed by atoms with Gasteiger partial charge in [0.2, 0.25) is 0 Å². The molecule has 2 aromatic rings. The number of nitro groups is 1. The number of hydrogen-bond acceptors (Lipinski definition) is 5. The third kappa shape index (κ3) is 4.16. The van der Waals surface area contributed by atoms with Crippen molar-refractivity contribution in [2.75, 3.05) is 12.4 Å². The second-order valence-corrected chi connectivity index (χ2v) is 4.75. The lowest BCUT2D eigenvalue weighted by Crippen LogP contribution is -2.31. The number of carbonyl (C=O) groups excluding carboxylic acids is 1. The van der Waals surface area contributed by atoms with Gasteiger partial charge in [0, 0.05) is 18.5 Å². The highest BCUT2D eigenvalue weighted by Gasteiger charge is 2.15. The maximum Gasteiger partial charge on any atom is 0.319 e. The van der Waals surface area contributed by atoms with E-state index in [-0.39, 0.29) is 17.5 Å². The first-order valence-electron chi connectivity index (χ1n) is 6.81. The highest BCUT2D eigenvalue weighted by Crippen LogP contribution is 2.29. The van der Waals surface area contributed by atoms with Crippen molar-refractivity contribution in [2.45, 2.75) is 13.0 Å². The van der Waals surface area contributed by atoms with Crippen LogP contribution in [0.4, 0.5) is 16.2 Å². The molecule has 8 nitrogen and oxygen atoms in total. The Bertz CT molecular complexity index is 706. The first kappa shape index (κ1) is 16.2. The molecule has 1 aromatic carbocycles. The second-order valence-electron chi connectivity index (χ2n) is 4.75. The summed E-state index contributed by atoms with van der Waals surface area (Å²) in [6.45, 7) is 1.82. The standard InChI is InChI=1S/C15H16N4O4/c1-10(11-4-3-7-16-9-11)17-15(20)18-13-6-5-12(19(21)22)8-14(13)23-2/h3-10H,1-2H3,(H2,17,18,20)/t10-/m0/s1. The summed E-state index contributed by atoms with van der Waals surface area (Å²) in [6, 6.07) is 6.91.